The molecule has 8 nitrogen and oxygen atoms in total. The average Bonchev–Trinajstić information content (AvgIpc) is 3.08. The Morgan fingerprint density at radius 1 is 1.04 bits per heavy atom. The van der Waals surface area contributed by atoms with E-state index in [1.54, 1.807) is 30.0 Å². The second-order valence-electron chi connectivity index (χ2n) is 12.9. The third-order valence-electron chi connectivity index (χ3n) is 8.77. The van der Waals surface area contributed by atoms with Crippen LogP contribution in [0.4, 0.5) is 18.9 Å². The van der Waals surface area contributed by atoms with Crippen LogP contribution in [0.15, 0.2) is 91.0 Å². The maximum Gasteiger partial charge on any atom is 0.416 e. The highest BCUT2D eigenvalue weighted by atomic mass is 19.4. The lowest BCUT2D eigenvalue weighted by Crippen LogP contribution is -2.49. The number of aliphatic hydroxyl groups is 1. The SMILES string of the molecule is Cc1ccccc1Oc1ccc(CN(C)C[C@H]2Oc3c(NC(=O)Cc4cccc(C(F)(F)F)c4)cccc3C(=O)N([C@@H](C)CO)C[C@H]2C)cc1. The number of carbonyl (C=O) groups excluding carboxylic acids is 2. The van der Waals surface area contributed by atoms with Crippen molar-refractivity contribution in [3.05, 3.63) is 119 Å². The van der Waals surface area contributed by atoms with Gasteiger partial charge in [-0.15, -0.1) is 0 Å². The molecule has 0 spiro atoms. The Labute approximate surface area is 290 Å². The lowest BCUT2D eigenvalue weighted by molar-refractivity contribution is -0.137. The van der Waals surface area contributed by atoms with Gasteiger partial charge in [0, 0.05) is 25.6 Å². The highest BCUT2D eigenvalue weighted by molar-refractivity contribution is 6.02. The monoisotopic (exact) mass is 689 g/mol. The molecule has 11 heteroatoms. The smallest absolute Gasteiger partial charge is 0.416 e. The van der Waals surface area contributed by atoms with Crippen LogP contribution in [0.3, 0.4) is 0 Å². The second-order valence-corrected chi connectivity index (χ2v) is 12.9. The van der Waals surface area contributed by atoms with Crippen LogP contribution in [0.2, 0.25) is 0 Å². The van der Waals surface area contributed by atoms with Crippen molar-refractivity contribution >= 4 is 17.5 Å². The van der Waals surface area contributed by atoms with E-state index in [9.17, 15) is 27.9 Å². The van der Waals surface area contributed by atoms with E-state index in [1.807, 2.05) is 69.4 Å². The van der Waals surface area contributed by atoms with Crippen molar-refractivity contribution in [1.29, 1.82) is 0 Å². The standard InChI is InChI=1S/C39H42F3N3O5/c1-25-9-5-6-14-34(25)49-31-17-15-28(16-18-31)22-44(4)23-35-26(2)21-45(27(3)24-46)38(48)32-12-8-13-33(37(32)50-35)43-36(47)20-29-10-7-11-30(19-29)39(40,41)42/h5-19,26-27,35,46H,20-24H2,1-4H3,(H,43,47)/t26-,27+,35-/m1/s1. The van der Waals surface area contributed by atoms with Gasteiger partial charge in [0.1, 0.15) is 17.6 Å². The number of ether oxygens (including phenoxy) is 2. The van der Waals surface area contributed by atoms with Gasteiger partial charge in [0.05, 0.1) is 35.9 Å². The van der Waals surface area contributed by atoms with Crippen molar-refractivity contribution in [2.24, 2.45) is 5.92 Å². The molecule has 0 saturated carbocycles. The van der Waals surface area contributed by atoms with E-state index in [4.69, 9.17) is 9.47 Å². The number of fused-ring (bicyclic) bond motifs is 1. The molecule has 4 aromatic carbocycles. The molecule has 3 atom stereocenters. The van der Waals surface area contributed by atoms with Gasteiger partial charge in [-0.05, 0) is 74.0 Å². The zero-order valence-electron chi connectivity index (χ0n) is 28.5. The summed E-state index contributed by atoms with van der Waals surface area (Å²) in [6, 6.07) is 24.6. The Kier molecular flexibility index (Phi) is 11.5. The molecule has 2 amide bonds. The Morgan fingerprint density at radius 3 is 2.46 bits per heavy atom. The summed E-state index contributed by atoms with van der Waals surface area (Å²) in [7, 11) is 1.97. The Hall–Kier alpha value is -4.87. The predicted octanol–water partition coefficient (Wildman–Crippen LogP) is 7.34. The summed E-state index contributed by atoms with van der Waals surface area (Å²) < 4.78 is 52.4. The average molecular weight is 690 g/mol. The first-order valence-corrected chi connectivity index (χ1v) is 16.5. The number of anilines is 1. The number of aryl methyl sites for hydroxylation is 1. The molecule has 2 N–H and O–H groups in total. The van der Waals surface area contributed by atoms with Gasteiger partial charge in [-0.1, -0.05) is 61.5 Å². The Bertz CT molecular complexity index is 1800. The van der Waals surface area contributed by atoms with Crippen LogP contribution in [0.25, 0.3) is 0 Å². The molecule has 0 unspecified atom stereocenters. The normalized spacial score (nSPS) is 17.0. The highest BCUT2D eigenvalue weighted by Crippen LogP contribution is 2.36. The van der Waals surface area contributed by atoms with Crippen molar-refractivity contribution in [2.45, 2.75) is 52.1 Å². The number of amides is 2. The summed E-state index contributed by atoms with van der Waals surface area (Å²) in [6.45, 7) is 6.87. The lowest BCUT2D eigenvalue weighted by Gasteiger charge is -2.38. The molecule has 1 aliphatic heterocycles. The van der Waals surface area contributed by atoms with Crippen LogP contribution in [-0.4, -0.2) is 65.6 Å². The number of hydrogen-bond donors (Lipinski definition) is 2. The molecule has 5 rings (SSSR count). The van der Waals surface area contributed by atoms with Crippen LogP contribution in [0, 0.1) is 12.8 Å². The minimum atomic E-state index is -4.54. The van der Waals surface area contributed by atoms with E-state index >= 15 is 0 Å². The van der Waals surface area contributed by atoms with Crippen LogP contribution in [0.5, 0.6) is 17.2 Å². The van der Waals surface area contributed by atoms with Gasteiger partial charge >= 0.3 is 6.18 Å². The number of halogens is 3. The third-order valence-corrected chi connectivity index (χ3v) is 8.77. The summed E-state index contributed by atoms with van der Waals surface area (Å²) in [5.41, 5.74) is 1.89. The fourth-order valence-electron chi connectivity index (χ4n) is 5.94. The summed E-state index contributed by atoms with van der Waals surface area (Å²) in [5, 5.41) is 12.8. The molecule has 1 heterocycles. The van der Waals surface area contributed by atoms with Crippen LogP contribution < -0.4 is 14.8 Å². The molecule has 4 aromatic rings. The number of rotatable bonds is 11. The van der Waals surface area contributed by atoms with Crippen molar-refractivity contribution in [3.8, 4) is 17.2 Å². The number of nitrogens with zero attached hydrogens (tertiary/aromatic N) is 2. The molecular weight excluding hydrogens is 647 g/mol. The van der Waals surface area contributed by atoms with E-state index < -0.39 is 29.8 Å². The van der Waals surface area contributed by atoms with Crippen molar-refractivity contribution < 1.29 is 37.3 Å². The second kappa shape index (κ2) is 15.8. The molecule has 0 bridgehead atoms. The summed E-state index contributed by atoms with van der Waals surface area (Å²) >= 11 is 0. The fraction of sp³-hybridized carbons (Fsp3) is 0.333. The first-order chi connectivity index (χ1) is 23.8. The van der Waals surface area contributed by atoms with Gasteiger partial charge in [0.25, 0.3) is 5.91 Å². The van der Waals surface area contributed by atoms with Gasteiger partial charge in [0.15, 0.2) is 5.75 Å². The number of aliphatic hydroxyl groups excluding tert-OH is 1. The molecular formula is C39H42F3N3O5. The summed E-state index contributed by atoms with van der Waals surface area (Å²) in [6.07, 6.45) is -5.29. The predicted molar refractivity (Wildman–Crippen MR) is 185 cm³/mol. The number of benzene rings is 4. The Balaban J connectivity index is 1.35. The van der Waals surface area contributed by atoms with E-state index in [2.05, 4.69) is 10.2 Å². The molecule has 0 saturated heterocycles. The van der Waals surface area contributed by atoms with Gasteiger partial charge < -0.3 is 24.8 Å². The zero-order chi connectivity index (χ0) is 36.0. The molecule has 0 fully saturated rings. The van der Waals surface area contributed by atoms with Crippen LogP contribution in [0.1, 0.15) is 46.5 Å². The van der Waals surface area contributed by atoms with E-state index in [1.165, 1.54) is 12.1 Å². The van der Waals surface area contributed by atoms with Gasteiger partial charge in [-0.2, -0.15) is 13.2 Å². The number of para-hydroxylation sites is 2. The highest BCUT2D eigenvalue weighted by Gasteiger charge is 2.35. The van der Waals surface area contributed by atoms with Gasteiger partial charge in [-0.25, -0.2) is 0 Å². The number of alkyl halides is 3. The quantitative estimate of drug-likeness (QED) is 0.171. The first-order valence-electron chi connectivity index (χ1n) is 16.5. The molecule has 0 aromatic heterocycles. The number of likely N-dealkylation sites (N-methyl/N-ethyl adjacent to an activating group) is 1. The summed E-state index contributed by atoms with van der Waals surface area (Å²) in [5.74, 6) is 0.595. The maximum atomic E-state index is 13.8. The van der Waals surface area contributed by atoms with Crippen LogP contribution >= 0.6 is 0 Å². The third kappa shape index (κ3) is 9.02. The molecule has 1 aliphatic rings. The van der Waals surface area contributed by atoms with Crippen molar-refractivity contribution in [2.75, 3.05) is 32.1 Å². The molecule has 264 valence electrons. The minimum absolute atomic E-state index is 0.174. The Morgan fingerprint density at radius 2 is 1.76 bits per heavy atom. The van der Waals surface area contributed by atoms with Gasteiger partial charge in [-0.3, -0.25) is 14.5 Å². The van der Waals surface area contributed by atoms with E-state index in [0.29, 0.717) is 19.6 Å². The fourth-order valence-corrected chi connectivity index (χ4v) is 5.94. The van der Waals surface area contributed by atoms with Gasteiger partial charge in [0.2, 0.25) is 5.91 Å². The first kappa shape index (κ1) is 36.4. The number of hydrogen-bond acceptors (Lipinski definition) is 6. The maximum absolute atomic E-state index is 13.8. The van der Waals surface area contributed by atoms with E-state index in [-0.39, 0.29) is 47.4 Å². The zero-order valence-corrected chi connectivity index (χ0v) is 28.5. The van der Waals surface area contributed by atoms with Crippen LogP contribution in [-0.2, 0) is 23.9 Å². The summed E-state index contributed by atoms with van der Waals surface area (Å²) in [4.78, 5) is 30.7. The van der Waals surface area contributed by atoms with Crippen molar-refractivity contribution in [1.82, 2.24) is 9.80 Å². The molecule has 50 heavy (non-hydrogen) atoms. The number of nitrogens with one attached hydrogen (secondary N) is 1. The minimum Gasteiger partial charge on any atom is -0.486 e. The largest absolute Gasteiger partial charge is 0.486 e. The molecule has 0 radical (unpaired) electrons. The van der Waals surface area contributed by atoms with E-state index in [0.717, 1.165) is 34.8 Å². The topological polar surface area (TPSA) is 91.3 Å². The lowest BCUT2D eigenvalue weighted by atomic mass is 9.98. The number of carbonyl (C=O) groups is 2. The van der Waals surface area contributed by atoms with Crippen molar-refractivity contribution in [3.63, 3.8) is 0 Å². The molecule has 0 aliphatic carbocycles.